The van der Waals surface area contributed by atoms with E-state index in [1.165, 1.54) is 10.5 Å². The van der Waals surface area contributed by atoms with Gasteiger partial charge in [-0.05, 0) is 56.6 Å². The Morgan fingerprint density at radius 1 is 1.17 bits per heavy atom. The summed E-state index contributed by atoms with van der Waals surface area (Å²) in [5.74, 6) is -0.432. The van der Waals surface area contributed by atoms with Crippen LogP contribution in [0.3, 0.4) is 0 Å². The van der Waals surface area contributed by atoms with Crippen molar-refractivity contribution in [3.63, 3.8) is 0 Å². The molecule has 6 heteroatoms. The number of aryl methyl sites for hydroxylation is 1. The molecule has 0 aliphatic carbocycles. The number of aromatic nitrogens is 2. The Kier molecular flexibility index (Phi) is 6.44. The van der Waals surface area contributed by atoms with Gasteiger partial charge >= 0.3 is 5.97 Å². The second kappa shape index (κ2) is 9.01. The fourth-order valence-corrected chi connectivity index (χ4v) is 3.20. The van der Waals surface area contributed by atoms with E-state index < -0.39 is 5.97 Å². The van der Waals surface area contributed by atoms with Crippen LogP contribution in [0.1, 0.15) is 48.0 Å². The molecule has 0 unspecified atom stereocenters. The average molecular weight is 393 g/mol. The van der Waals surface area contributed by atoms with Crippen molar-refractivity contribution in [3.05, 3.63) is 81.4 Å². The van der Waals surface area contributed by atoms with Crippen LogP contribution in [0.15, 0.2) is 53.5 Å². The van der Waals surface area contributed by atoms with E-state index in [4.69, 9.17) is 4.74 Å². The van der Waals surface area contributed by atoms with E-state index >= 15 is 0 Å². The number of pyridine rings is 1. The van der Waals surface area contributed by atoms with E-state index in [0.29, 0.717) is 22.9 Å². The lowest BCUT2D eigenvalue weighted by atomic mass is 10.1. The van der Waals surface area contributed by atoms with Crippen LogP contribution in [0.5, 0.6) is 0 Å². The van der Waals surface area contributed by atoms with Crippen LogP contribution in [0, 0.1) is 6.92 Å². The monoisotopic (exact) mass is 393 g/mol. The summed E-state index contributed by atoms with van der Waals surface area (Å²) in [4.78, 5) is 31.4. The predicted molar refractivity (Wildman–Crippen MR) is 113 cm³/mol. The minimum Gasteiger partial charge on any atom is -0.456 e. The summed E-state index contributed by atoms with van der Waals surface area (Å²) in [6, 6.07) is 13.0. The molecule has 0 amide bonds. The molecule has 3 rings (SSSR count). The maximum absolute atomic E-state index is 12.4. The van der Waals surface area contributed by atoms with Crippen LogP contribution in [-0.2, 0) is 17.9 Å². The molecule has 2 heterocycles. The summed E-state index contributed by atoms with van der Waals surface area (Å²) in [7, 11) is 0. The third kappa shape index (κ3) is 5.09. The fraction of sp³-hybridized carbons (Fsp3) is 0.348. The molecule has 0 saturated heterocycles. The molecule has 3 aromatic rings. The number of rotatable bonds is 7. The quantitative estimate of drug-likeness (QED) is 0.574. The third-order valence-electron chi connectivity index (χ3n) is 4.92. The summed E-state index contributed by atoms with van der Waals surface area (Å²) in [5.41, 5.74) is 3.37. The minimum atomic E-state index is -0.432. The van der Waals surface area contributed by atoms with Crippen LogP contribution >= 0.6 is 0 Å². The van der Waals surface area contributed by atoms with E-state index in [2.05, 4.69) is 30.7 Å². The van der Waals surface area contributed by atoms with Gasteiger partial charge in [0.05, 0.1) is 11.3 Å². The molecule has 1 aromatic carbocycles. The van der Waals surface area contributed by atoms with Crippen molar-refractivity contribution in [2.75, 3.05) is 6.54 Å². The molecule has 6 nitrogen and oxygen atoms in total. The molecular weight excluding hydrogens is 366 g/mol. The van der Waals surface area contributed by atoms with E-state index in [0.717, 1.165) is 24.2 Å². The van der Waals surface area contributed by atoms with Gasteiger partial charge in [0.1, 0.15) is 12.3 Å². The highest BCUT2D eigenvalue weighted by atomic mass is 16.5. The Morgan fingerprint density at radius 3 is 2.55 bits per heavy atom. The van der Waals surface area contributed by atoms with E-state index in [-0.39, 0.29) is 12.2 Å². The van der Waals surface area contributed by atoms with Gasteiger partial charge in [0.15, 0.2) is 0 Å². The lowest BCUT2D eigenvalue weighted by Gasteiger charge is -2.24. The topological polar surface area (TPSA) is 63.9 Å². The zero-order valence-electron chi connectivity index (χ0n) is 17.4. The van der Waals surface area contributed by atoms with Crippen molar-refractivity contribution in [1.82, 2.24) is 14.3 Å². The van der Waals surface area contributed by atoms with Crippen molar-refractivity contribution in [1.29, 1.82) is 0 Å². The first-order valence-corrected chi connectivity index (χ1v) is 9.86. The first-order chi connectivity index (χ1) is 13.9. The molecule has 29 heavy (non-hydrogen) atoms. The molecule has 0 bridgehead atoms. The number of ether oxygens (including phenoxy) is 1. The van der Waals surface area contributed by atoms with Crippen LogP contribution in [0.4, 0.5) is 0 Å². The van der Waals surface area contributed by atoms with Crippen LogP contribution in [-0.4, -0.2) is 32.8 Å². The number of hydrogen-bond acceptors (Lipinski definition) is 5. The van der Waals surface area contributed by atoms with Gasteiger partial charge in [0, 0.05) is 24.8 Å². The molecule has 0 aliphatic rings. The highest BCUT2D eigenvalue weighted by molar-refractivity contribution is 5.89. The zero-order valence-corrected chi connectivity index (χ0v) is 17.4. The highest BCUT2D eigenvalue weighted by Crippen LogP contribution is 2.12. The standard InChI is InChI=1S/C23H27N3O3/c1-5-25(16(2)3)14-18-7-9-19(10-8-18)23(28)29-15-20-12-22(27)26-13-17(4)6-11-21(26)24-20/h6-13,16H,5,14-15H2,1-4H3. The van der Waals surface area contributed by atoms with Crippen molar-refractivity contribution < 1.29 is 9.53 Å². The van der Waals surface area contributed by atoms with Crippen LogP contribution in [0.25, 0.3) is 5.65 Å². The minimum absolute atomic E-state index is 0.0445. The number of carbonyl (C=O) groups excluding carboxylic acids is 1. The van der Waals surface area contributed by atoms with Crippen molar-refractivity contribution in [2.45, 2.75) is 46.9 Å². The lowest BCUT2D eigenvalue weighted by molar-refractivity contribution is 0.0467. The van der Waals surface area contributed by atoms with Crippen molar-refractivity contribution >= 4 is 11.6 Å². The molecule has 2 aromatic heterocycles. The van der Waals surface area contributed by atoms with Gasteiger partial charge in [0.25, 0.3) is 5.56 Å². The first-order valence-electron chi connectivity index (χ1n) is 9.86. The van der Waals surface area contributed by atoms with Gasteiger partial charge in [-0.25, -0.2) is 9.78 Å². The van der Waals surface area contributed by atoms with E-state index in [1.54, 1.807) is 24.4 Å². The predicted octanol–water partition coefficient (Wildman–Crippen LogP) is 3.59. The number of carbonyl (C=O) groups is 1. The number of fused-ring (bicyclic) bond motifs is 1. The lowest BCUT2D eigenvalue weighted by Crippen LogP contribution is -2.29. The molecule has 0 fully saturated rings. The fourth-order valence-electron chi connectivity index (χ4n) is 3.20. The summed E-state index contributed by atoms with van der Waals surface area (Å²) in [6.45, 7) is 10.2. The van der Waals surface area contributed by atoms with Gasteiger partial charge in [0.2, 0.25) is 0 Å². The summed E-state index contributed by atoms with van der Waals surface area (Å²) in [5, 5.41) is 0. The van der Waals surface area contributed by atoms with E-state index in [1.807, 2.05) is 25.1 Å². The maximum atomic E-state index is 12.4. The first kappa shape index (κ1) is 20.7. The molecule has 0 atom stereocenters. The Labute approximate surface area is 170 Å². The van der Waals surface area contributed by atoms with Crippen LogP contribution in [0.2, 0.25) is 0 Å². The zero-order chi connectivity index (χ0) is 21.0. The van der Waals surface area contributed by atoms with Gasteiger partial charge < -0.3 is 4.74 Å². The van der Waals surface area contributed by atoms with Crippen molar-refractivity contribution in [3.8, 4) is 0 Å². The largest absolute Gasteiger partial charge is 0.456 e. The number of nitrogens with zero attached hydrogens (tertiary/aromatic N) is 3. The Bertz CT molecular complexity index is 1060. The summed E-state index contributed by atoms with van der Waals surface area (Å²) in [6.07, 6.45) is 1.74. The van der Waals surface area contributed by atoms with Gasteiger partial charge in [-0.2, -0.15) is 0 Å². The molecule has 0 aliphatic heterocycles. The maximum Gasteiger partial charge on any atom is 0.338 e. The number of benzene rings is 1. The van der Waals surface area contributed by atoms with Gasteiger partial charge in [-0.3, -0.25) is 14.1 Å². The van der Waals surface area contributed by atoms with E-state index in [9.17, 15) is 9.59 Å². The van der Waals surface area contributed by atoms with Gasteiger partial charge in [-0.15, -0.1) is 0 Å². The molecule has 0 spiro atoms. The number of esters is 1. The molecule has 0 N–H and O–H groups in total. The highest BCUT2D eigenvalue weighted by Gasteiger charge is 2.11. The normalized spacial score (nSPS) is 11.4. The van der Waals surface area contributed by atoms with Crippen LogP contribution < -0.4 is 5.56 Å². The second-order valence-electron chi connectivity index (χ2n) is 7.45. The molecule has 0 radical (unpaired) electrons. The average Bonchev–Trinajstić information content (AvgIpc) is 2.71. The second-order valence-corrected chi connectivity index (χ2v) is 7.45. The SMILES string of the molecule is CCN(Cc1ccc(C(=O)OCc2cc(=O)n3cc(C)ccc3n2)cc1)C(C)C. The molecule has 0 saturated carbocycles. The molecular formula is C23H27N3O3. The third-order valence-corrected chi connectivity index (χ3v) is 4.92. The Morgan fingerprint density at radius 2 is 1.90 bits per heavy atom. The van der Waals surface area contributed by atoms with Gasteiger partial charge in [-0.1, -0.05) is 25.1 Å². The summed E-state index contributed by atoms with van der Waals surface area (Å²) >= 11 is 0. The number of hydrogen-bond donors (Lipinski definition) is 0. The van der Waals surface area contributed by atoms with Crippen molar-refractivity contribution in [2.24, 2.45) is 0 Å². The smallest absolute Gasteiger partial charge is 0.338 e. The Balaban J connectivity index is 1.65. The summed E-state index contributed by atoms with van der Waals surface area (Å²) < 4.78 is 6.84. The Hall–Kier alpha value is -2.99. The molecule has 152 valence electrons.